The molecule has 20 heavy (non-hydrogen) atoms. The topological polar surface area (TPSA) is 72.1 Å². The summed E-state index contributed by atoms with van der Waals surface area (Å²) in [5.74, 6) is 0.865. The molecule has 0 spiro atoms. The molecule has 2 aromatic heterocycles. The Hall–Kier alpha value is -2.24. The maximum absolute atomic E-state index is 11.8. The molecule has 0 radical (unpaired) electrons. The van der Waals surface area contributed by atoms with Crippen molar-refractivity contribution in [3.05, 3.63) is 42.9 Å². The number of nitrogens with one attached hydrogen (secondary N) is 2. The van der Waals surface area contributed by atoms with Crippen LogP contribution in [0.25, 0.3) is 0 Å². The van der Waals surface area contributed by atoms with Crippen molar-refractivity contribution in [2.45, 2.75) is 38.9 Å². The Bertz CT molecular complexity index is 461. The molecule has 0 aliphatic heterocycles. The Balaban J connectivity index is 1.71. The van der Waals surface area contributed by atoms with Crippen molar-refractivity contribution in [3.63, 3.8) is 0 Å². The minimum Gasteiger partial charge on any atom is -0.469 e. The lowest BCUT2D eigenvalue weighted by atomic mass is 10.2. The molecule has 2 amide bonds. The van der Waals surface area contributed by atoms with E-state index >= 15 is 0 Å². The van der Waals surface area contributed by atoms with E-state index in [9.17, 15) is 4.79 Å². The summed E-state index contributed by atoms with van der Waals surface area (Å²) in [6.45, 7) is 4.60. The van der Waals surface area contributed by atoms with E-state index in [1.165, 1.54) is 0 Å². The number of nitrogens with zero attached hydrogens (tertiary/aromatic N) is 2. The maximum atomic E-state index is 11.8. The lowest BCUT2D eigenvalue weighted by Gasteiger charge is -2.18. The Morgan fingerprint density at radius 1 is 1.40 bits per heavy atom. The van der Waals surface area contributed by atoms with Crippen LogP contribution in [0.2, 0.25) is 0 Å². The van der Waals surface area contributed by atoms with Gasteiger partial charge in [-0.05, 0) is 26.0 Å². The smallest absolute Gasteiger partial charge is 0.315 e. The van der Waals surface area contributed by atoms with E-state index in [-0.39, 0.29) is 18.1 Å². The predicted molar refractivity (Wildman–Crippen MR) is 75.2 cm³/mol. The number of aromatic nitrogens is 2. The fourth-order valence-electron chi connectivity index (χ4n) is 2.03. The first-order chi connectivity index (χ1) is 9.63. The molecular formula is C14H20N4O2. The maximum Gasteiger partial charge on any atom is 0.315 e. The van der Waals surface area contributed by atoms with Gasteiger partial charge in [0, 0.05) is 37.4 Å². The van der Waals surface area contributed by atoms with Crippen LogP contribution in [0.15, 0.2) is 41.5 Å². The summed E-state index contributed by atoms with van der Waals surface area (Å²) in [7, 11) is 0. The molecule has 0 saturated heterocycles. The van der Waals surface area contributed by atoms with Crippen LogP contribution in [0, 0.1) is 0 Å². The molecule has 6 heteroatoms. The second-order valence-corrected chi connectivity index (χ2v) is 4.96. The third kappa shape index (κ3) is 4.46. The molecule has 2 atom stereocenters. The van der Waals surface area contributed by atoms with Gasteiger partial charge in [-0.2, -0.15) is 0 Å². The fourth-order valence-corrected chi connectivity index (χ4v) is 2.03. The monoisotopic (exact) mass is 276 g/mol. The largest absolute Gasteiger partial charge is 0.469 e. The van der Waals surface area contributed by atoms with Crippen molar-refractivity contribution < 1.29 is 9.21 Å². The van der Waals surface area contributed by atoms with Crippen LogP contribution in [-0.4, -0.2) is 27.7 Å². The van der Waals surface area contributed by atoms with Crippen LogP contribution >= 0.6 is 0 Å². The number of imidazole rings is 1. The van der Waals surface area contributed by atoms with Crippen molar-refractivity contribution in [3.8, 4) is 0 Å². The zero-order valence-electron chi connectivity index (χ0n) is 11.7. The first kappa shape index (κ1) is 14.2. The average molecular weight is 276 g/mol. The molecule has 6 nitrogen and oxygen atoms in total. The highest BCUT2D eigenvalue weighted by molar-refractivity contribution is 5.74. The summed E-state index contributed by atoms with van der Waals surface area (Å²) >= 11 is 0. The summed E-state index contributed by atoms with van der Waals surface area (Å²) in [6, 6.07) is 3.62. The van der Waals surface area contributed by atoms with E-state index in [1.54, 1.807) is 18.8 Å². The Kier molecular flexibility index (Phi) is 4.81. The van der Waals surface area contributed by atoms with Crippen LogP contribution in [0.1, 0.15) is 19.6 Å². The molecule has 2 aromatic rings. The Labute approximate surface area is 118 Å². The summed E-state index contributed by atoms with van der Waals surface area (Å²) in [5, 5.41) is 5.79. The lowest BCUT2D eigenvalue weighted by Crippen LogP contribution is -2.46. The van der Waals surface area contributed by atoms with E-state index in [2.05, 4.69) is 15.6 Å². The minimum atomic E-state index is -0.170. The number of carbonyl (C=O) groups is 1. The zero-order valence-corrected chi connectivity index (χ0v) is 11.7. The van der Waals surface area contributed by atoms with Gasteiger partial charge in [-0.25, -0.2) is 9.78 Å². The van der Waals surface area contributed by atoms with Crippen molar-refractivity contribution >= 4 is 6.03 Å². The molecule has 0 fully saturated rings. The van der Waals surface area contributed by atoms with Gasteiger partial charge in [0.25, 0.3) is 0 Å². The molecule has 108 valence electrons. The van der Waals surface area contributed by atoms with E-state index in [4.69, 9.17) is 4.42 Å². The molecule has 0 saturated carbocycles. The number of urea groups is 1. The third-order valence-electron chi connectivity index (χ3n) is 2.89. The highest BCUT2D eigenvalue weighted by Gasteiger charge is 2.12. The van der Waals surface area contributed by atoms with Gasteiger partial charge in [0.15, 0.2) is 0 Å². The highest BCUT2D eigenvalue weighted by atomic mass is 16.3. The number of amides is 2. The van der Waals surface area contributed by atoms with Gasteiger partial charge >= 0.3 is 6.03 Å². The SMILES string of the molecule is C[C@@H](Cc1ccco1)NC(=O)N[C@@H](C)Cn1ccnc1. The summed E-state index contributed by atoms with van der Waals surface area (Å²) in [6.07, 6.45) is 7.63. The second-order valence-electron chi connectivity index (χ2n) is 4.96. The van der Waals surface area contributed by atoms with Crippen molar-refractivity contribution in [1.29, 1.82) is 0 Å². The molecule has 0 bridgehead atoms. The molecule has 2 rings (SSSR count). The summed E-state index contributed by atoms with van der Waals surface area (Å²) in [5.41, 5.74) is 0. The van der Waals surface area contributed by atoms with Gasteiger partial charge in [0.05, 0.1) is 12.6 Å². The van der Waals surface area contributed by atoms with E-state index in [0.717, 1.165) is 5.76 Å². The number of hydrogen-bond acceptors (Lipinski definition) is 3. The molecule has 0 aliphatic rings. The third-order valence-corrected chi connectivity index (χ3v) is 2.89. The Morgan fingerprint density at radius 3 is 2.85 bits per heavy atom. The van der Waals surface area contributed by atoms with Gasteiger partial charge in [0.2, 0.25) is 0 Å². The van der Waals surface area contributed by atoms with Crippen molar-refractivity contribution in [1.82, 2.24) is 20.2 Å². The molecule has 0 unspecified atom stereocenters. The van der Waals surface area contributed by atoms with Gasteiger partial charge in [-0.1, -0.05) is 0 Å². The van der Waals surface area contributed by atoms with Crippen LogP contribution in [0.5, 0.6) is 0 Å². The Morgan fingerprint density at radius 2 is 2.20 bits per heavy atom. The van der Waals surface area contributed by atoms with E-state index in [0.29, 0.717) is 13.0 Å². The predicted octanol–water partition coefficient (Wildman–Crippen LogP) is 1.79. The first-order valence-electron chi connectivity index (χ1n) is 6.68. The van der Waals surface area contributed by atoms with Gasteiger partial charge in [-0.3, -0.25) is 0 Å². The molecule has 2 N–H and O–H groups in total. The zero-order chi connectivity index (χ0) is 14.4. The van der Waals surface area contributed by atoms with Crippen LogP contribution in [0.3, 0.4) is 0 Å². The van der Waals surface area contributed by atoms with Crippen LogP contribution in [0.4, 0.5) is 4.79 Å². The number of furan rings is 1. The van der Waals surface area contributed by atoms with E-state index < -0.39 is 0 Å². The fraction of sp³-hybridized carbons (Fsp3) is 0.429. The van der Waals surface area contributed by atoms with Gasteiger partial charge in [0.1, 0.15) is 5.76 Å². The molecule has 0 aromatic carbocycles. The van der Waals surface area contributed by atoms with Crippen molar-refractivity contribution in [2.75, 3.05) is 0 Å². The lowest BCUT2D eigenvalue weighted by molar-refractivity contribution is 0.233. The quantitative estimate of drug-likeness (QED) is 0.845. The standard InChI is InChI=1S/C14H20N4O2/c1-11(8-13-4-3-7-20-13)16-14(19)17-12(2)9-18-6-5-15-10-18/h3-7,10-12H,8-9H2,1-2H3,(H2,16,17,19)/t11-,12-/m0/s1. The normalized spacial score (nSPS) is 13.7. The van der Waals surface area contributed by atoms with Crippen LogP contribution in [-0.2, 0) is 13.0 Å². The molecular weight excluding hydrogens is 256 g/mol. The van der Waals surface area contributed by atoms with Gasteiger partial charge < -0.3 is 19.6 Å². The first-order valence-corrected chi connectivity index (χ1v) is 6.68. The molecule has 2 heterocycles. The average Bonchev–Trinajstić information content (AvgIpc) is 3.01. The van der Waals surface area contributed by atoms with Crippen molar-refractivity contribution in [2.24, 2.45) is 0 Å². The summed E-state index contributed by atoms with van der Waals surface area (Å²) < 4.78 is 7.18. The number of rotatable bonds is 6. The van der Waals surface area contributed by atoms with Gasteiger partial charge in [-0.15, -0.1) is 0 Å². The molecule has 0 aliphatic carbocycles. The minimum absolute atomic E-state index is 0.0154. The summed E-state index contributed by atoms with van der Waals surface area (Å²) in [4.78, 5) is 15.8. The number of carbonyl (C=O) groups excluding carboxylic acids is 1. The van der Waals surface area contributed by atoms with Crippen LogP contribution < -0.4 is 10.6 Å². The second kappa shape index (κ2) is 6.79. The van der Waals surface area contributed by atoms with E-state index in [1.807, 2.05) is 36.7 Å². The number of hydrogen-bond donors (Lipinski definition) is 2. The highest BCUT2D eigenvalue weighted by Crippen LogP contribution is 2.03.